The second-order valence-electron chi connectivity index (χ2n) is 2.34. The molecule has 0 aromatic carbocycles. The normalized spacial score (nSPS) is 11.8. The predicted molar refractivity (Wildman–Crippen MR) is 39.0 cm³/mol. The van der Waals surface area contributed by atoms with Crippen LogP contribution in [0.2, 0.25) is 5.02 Å². The lowest BCUT2D eigenvalue weighted by molar-refractivity contribution is -0.141. The molecule has 0 saturated carbocycles. The van der Waals surface area contributed by atoms with Crippen LogP contribution in [-0.2, 0) is 6.18 Å². The van der Waals surface area contributed by atoms with Crippen molar-refractivity contribution in [2.75, 3.05) is 0 Å². The number of halogens is 4. The third-order valence-electron chi connectivity index (χ3n) is 1.25. The number of alkyl halides is 3. The van der Waals surface area contributed by atoms with Gasteiger partial charge in [0.1, 0.15) is 0 Å². The fourth-order valence-electron chi connectivity index (χ4n) is 0.742. The molecule has 0 aliphatic heterocycles. The fourth-order valence-corrected chi connectivity index (χ4v) is 1.07. The standard InChI is InChI=1S/C7H5ClF3N/c1-4-2-5(8)6(12-3-4)7(9,10)11/h2-3H,1H3. The number of pyridine rings is 1. The maximum Gasteiger partial charge on any atom is 0.434 e. The quantitative estimate of drug-likeness (QED) is 0.620. The van der Waals surface area contributed by atoms with E-state index in [2.05, 4.69) is 4.98 Å². The number of aryl methyl sites for hydroxylation is 1. The number of hydrogen-bond acceptors (Lipinski definition) is 1. The van der Waals surface area contributed by atoms with Crippen molar-refractivity contribution in [2.24, 2.45) is 0 Å². The summed E-state index contributed by atoms with van der Waals surface area (Å²) in [7, 11) is 0. The monoisotopic (exact) mass is 195 g/mol. The second-order valence-corrected chi connectivity index (χ2v) is 2.75. The summed E-state index contributed by atoms with van der Waals surface area (Å²) < 4.78 is 36.1. The maximum absolute atomic E-state index is 12.0. The van der Waals surface area contributed by atoms with Gasteiger partial charge in [0.15, 0.2) is 5.69 Å². The zero-order valence-electron chi connectivity index (χ0n) is 6.11. The SMILES string of the molecule is Cc1cnc(C(F)(F)F)c(Cl)c1. The Morgan fingerprint density at radius 1 is 1.42 bits per heavy atom. The molecule has 5 heteroatoms. The van der Waals surface area contributed by atoms with Gasteiger partial charge in [-0.15, -0.1) is 0 Å². The first-order chi connectivity index (χ1) is 5.41. The fraction of sp³-hybridized carbons (Fsp3) is 0.286. The molecule has 0 unspecified atom stereocenters. The summed E-state index contributed by atoms with van der Waals surface area (Å²) in [6.07, 6.45) is -3.33. The molecule has 66 valence electrons. The van der Waals surface area contributed by atoms with Crippen molar-refractivity contribution in [2.45, 2.75) is 13.1 Å². The van der Waals surface area contributed by atoms with Crippen LogP contribution in [0.1, 0.15) is 11.3 Å². The molecule has 0 atom stereocenters. The third-order valence-corrected chi connectivity index (χ3v) is 1.53. The highest BCUT2D eigenvalue weighted by molar-refractivity contribution is 6.31. The van der Waals surface area contributed by atoms with Gasteiger partial charge in [-0.1, -0.05) is 11.6 Å². The Hall–Kier alpha value is -0.770. The van der Waals surface area contributed by atoms with Crippen molar-refractivity contribution >= 4 is 11.6 Å². The summed E-state index contributed by atoms with van der Waals surface area (Å²) in [5, 5.41) is -0.359. The highest BCUT2D eigenvalue weighted by Crippen LogP contribution is 2.32. The van der Waals surface area contributed by atoms with E-state index >= 15 is 0 Å². The van der Waals surface area contributed by atoms with Crippen LogP contribution in [0.25, 0.3) is 0 Å². The third kappa shape index (κ3) is 1.88. The van der Waals surface area contributed by atoms with E-state index in [1.165, 1.54) is 6.07 Å². The topological polar surface area (TPSA) is 12.9 Å². The highest BCUT2D eigenvalue weighted by Gasteiger charge is 2.34. The van der Waals surface area contributed by atoms with Gasteiger partial charge < -0.3 is 0 Å². The lowest BCUT2D eigenvalue weighted by atomic mass is 10.3. The van der Waals surface area contributed by atoms with Gasteiger partial charge in [0.2, 0.25) is 0 Å². The lowest BCUT2D eigenvalue weighted by Crippen LogP contribution is -2.08. The van der Waals surface area contributed by atoms with E-state index in [0.717, 1.165) is 6.20 Å². The largest absolute Gasteiger partial charge is 0.434 e. The van der Waals surface area contributed by atoms with Crippen molar-refractivity contribution in [3.8, 4) is 0 Å². The van der Waals surface area contributed by atoms with Crippen LogP contribution >= 0.6 is 11.6 Å². The molecule has 1 nitrogen and oxygen atoms in total. The molecule has 1 aromatic heterocycles. The van der Waals surface area contributed by atoms with Gasteiger partial charge >= 0.3 is 6.18 Å². The van der Waals surface area contributed by atoms with Crippen LogP contribution in [-0.4, -0.2) is 4.98 Å². The predicted octanol–water partition coefficient (Wildman–Crippen LogP) is 3.06. The average molecular weight is 196 g/mol. The Morgan fingerprint density at radius 3 is 2.42 bits per heavy atom. The van der Waals surface area contributed by atoms with E-state index in [1.54, 1.807) is 6.92 Å². The number of rotatable bonds is 0. The van der Waals surface area contributed by atoms with Gasteiger partial charge in [0.25, 0.3) is 0 Å². The maximum atomic E-state index is 12.0. The van der Waals surface area contributed by atoms with Gasteiger partial charge in [-0.2, -0.15) is 13.2 Å². The first kappa shape index (κ1) is 9.32. The van der Waals surface area contributed by atoms with Crippen molar-refractivity contribution in [1.29, 1.82) is 0 Å². The molecule has 0 amide bonds. The van der Waals surface area contributed by atoms with E-state index in [-0.39, 0.29) is 5.02 Å². The van der Waals surface area contributed by atoms with Crippen LogP contribution in [0.4, 0.5) is 13.2 Å². The van der Waals surface area contributed by atoms with Crippen molar-refractivity contribution in [1.82, 2.24) is 4.98 Å². The van der Waals surface area contributed by atoms with Crippen LogP contribution in [0, 0.1) is 6.92 Å². The van der Waals surface area contributed by atoms with Crippen molar-refractivity contribution in [3.05, 3.63) is 28.5 Å². The molecule has 0 spiro atoms. The molecule has 0 bridgehead atoms. The molecule has 0 aliphatic carbocycles. The average Bonchev–Trinajstić information content (AvgIpc) is 1.83. The molecule has 0 fully saturated rings. The zero-order chi connectivity index (χ0) is 9.35. The Balaban J connectivity index is 3.19. The van der Waals surface area contributed by atoms with E-state index in [1.807, 2.05) is 0 Å². The number of hydrogen-bond donors (Lipinski definition) is 0. The van der Waals surface area contributed by atoms with E-state index in [9.17, 15) is 13.2 Å². The molecular weight excluding hydrogens is 191 g/mol. The minimum atomic E-state index is -4.47. The van der Waals surface area contributed by atoms with Gasteiger partial charge in [-0.3, -0.25) is 4.98 Å². The summed E-state index contributed by atoms with van der Waals surface area (Å²) in [4.78, 5) is 3.19. The zero-order valence-corrected chi connectivity index (χ0v) is 6.87. The van der Waals surface area contributed by atoms with Gasteiger partial charge in [0.05, 0.1) is 5.02 Å². The molecule has 1 rings (SSSR count). The molecule has 12 heavy (non-hydrogen) atoms. The molecule has 0 N–H and O–H groups in total. The molecular formula is C7H5ClF3N. The Morgan fingerprint density at radius 2 is 2.00 bits per heavy atom. The summed E-state index contributed by atoms with van der Waals surface area (Å²) >= 11 is 5.33. The van der Waals surface area contributed by atoms with Gasteiger partial charge in [0, 0.05) is 6.20 Å². The van der Waals surface area contributed by atoms with Crippen LogP contribution in [0.5, 0.6) is 0 Å². The van der Waals surface area contributed by atoms with Crippen LogP contribution < -0.4 is 0 Å². The van der Waals surface area contributed by atoms with E-state index in [4.69, 9.17) is 11.6 Å². The molecule has 0 aliphatic rings. The summed E-state index contributed by atoms with van der Waals surface area (Å²) in [5.41, 5.74) is -0.428. The number of nitrogens with zero attached hydrogens (tertiary/aromatic N) is 1. The van der Waals surface area contributed by atoms with E-state index in [0.29, 0.717) is 5.56 Å². The Bertz CT molecular complexity index is 295. The van der Waals surface area contributed by atoms with Crippen molar-refractivity contribution < 1.29 is 13.2 Å². The van der Waals surface area contributed by atoms with Crippen LogP contribution in [0.3, 0.4) is 0 Å². The molecule has 0 radical (unpaired) electrons. The minimum Gasteiger partial charge on any atom is -0.250 e. The van der Waals surface area contributed by atoms with Gasteiger partial charge in [-0.05, 0) is 18.6 Å². The van der Waals surface area contributed by atoms with E-state index < -0.39 is 11.9 Å². The molecule has 1 aromatic rings. The highest BCUT2D eigenvalue weighted by atomic mass is 35.5. The summed E-state index contributed by atoms with van der Waals surface area (Å²) in [6.45, 7) is 1.62. The first-order valence-corrected chi connectivity index (χ1v) is 3.48. The molecule has 0 saturated heterocycles. The smallest absolute Gasteiger partial charge is 0.250 e. The lowest BCUT2D eigenvalue weighted by Gasteiger charge is -2.07. The summed E-state index contributed by atoms with van der Waals surface area (Å²) in [5.74, 6) is 0. The van der Waals surface area contributed by atoms with Crippen LogP contribution in [0.15, 0.2) is 12.3 Å². The minimum absolute atomic E-state index is 0.359. The number of aromatic nitrogens is 1. The Labute approximate surface area is 72.2 Å². The summed E-state index contributed by atoms with van der Waals surface area (Å²) in [6, 6.07) is 1.23. The van der Waals surface area contributed by atoms with Gasteiger partial charge in [-0.25, -0.2) is 0 Å². The second kappa shape index (κ2) is 2.94. The first-order valence-electron chi connectivity index (χ1n) is 3.10. The Kier molecular flexibility index (Phi) is 2.28. The van der Waals surface area contributed by atoms with Crippen molar-refractivity contribution in [3.63, 3.8) is 0 Å². The molecule has 1 heterocycles.